The van der Waals surface area contributed by atoms with Gasteiger partial charge in [0.15, 0.2) is 0 Å². The van der Waals surface area contributed by atoms with Crippen molar-refractivity contribution in [1.29, 1.82) is 0 Å². The van der Waals surface area contributed by atoms with Gasteiger partial charge in [-0.1, -0.05) is 87.4 Å². The lowest BCUT2D eigenvalue weighted by Crippen LogP contribution is -2.27. The summed E-state index contributed by atoms with van der Waals surface area (Å²) < 4.78 is 0. The standard InChI is InChI=1S/C38H50N4/c1-7-9-36(39)30-13-21-33(22-14-30)41-38(5,6)32-19-11-28(12-20-32)29-15-23-34(24-16-29)42(27(3)4)35-25-17-31(18-26-35)37(40)10-8-2/h11-27,36-37,41H,7-10,39-40H2,1-6H3. The number of nitrogens with one attached hydrogen (secondary N) is 1. The molecule has 0 fully saturated rings. The summed E-state index contributed by atoms with van der Waals surface area (Å²) in [6, 6.07) is 35.6. The maximum absolute atomic E-state index is 6.34. The van der Waals surface area contributed by atoms with Crippen LogP contribution in [-0.4, -0.2) is 6.04 Å². The molecule has 0 aliphatic carbocycles. The zero-order valence-electron chi connectivity index (χ0n) is 26.4. The second kappa shape index (κ2) is 14.0. The Morgan fingerprint density at radius 2 is 1.02 bits per heavy atom. The van der Waals surface area contributed by atoms with Crippen molar-refractivity contribution in [3.63, 3.8) is 0 Å². The van der Waals surface area contributed by atoms with E-state index in [1.54, 1.807) is 0 Å². The molecule has 42 heavy (non-hydrogen) atoms. The van der Waals surface area contributed by atoms with E-state index in [0.717, 1.165) is 31.4 Å². The van der Waals surface area contributed by atoms with Crippen molar-refractivity contribution in [2.75, 3.05) is 10.2 Å². The van der Waals surface area contributed by atoms with E-state index in [1.165, 1.54) is 39.2 Å². The van der Waals surface area contributed by atoms with E-state index in [2.05, 4.69) is 149 Å². The zero-order chi connectivity index (χ0) is 30.3. The van der Waals surface area contributed by atoms with Crippen molar-refractivity contribution >= 4 is 17.1 Å². The Morgan fingerprint density at radius 3 is 1.45 bits per heavy atom. The predicted octanol–water partition coefficient (Wildman–Crippen LogP) is 9.85. The summed E-state index contributed by atoms with van der Waals surface area (Å²) in [4.78, 5) is 2.38. The minimum atomic E-state index is -0.219. The van der Waals surface area contributed by atoms with Crippen LogP contribution in [0.2, 0.25) is 0 Å². The summed E-state index contributed by atoms with van der Waals surface area (Å²) in [5, 5.41) is 3.70. The van der Waals surface area contributed by atoms with Crippen molar-refractivity contribution in [3.8, 4) is 11.1 Å². The third-order valence-electron chi connectivity index (χ3n) is 8.20. The van der Waals surface area contributed by atoms with E-state index >= 15 is 0 Å². The minimum Gasteiger partial charge on any atom is -0.376 e. The highest BCUT2D eigenvalue weighted by atomic mass is 15.2. The molecule has 5 N–H and O–H groups in total. The number of nitrogens with zero attached hydrogens (tertiary/aromatic N) is 1. The van der Waals surface area contributed by atoms with Crippen LogP contribution < -0.4 is 21.7 Å². The summed E-state index contributed by atoms with van der Waals surface area (Å²) in [6.07, 6.45) is 4.20. The molecule has 0 bridgehead atoms. The fraction of sp³-hybridized carbons (Fsp3) is 0.368. The second-order valence-corrected chi connectivity index (χ2v) is 12.3. The Hall–Kier alpha value is -3.60. The van der Waals surface area contributed by atoms with Gasteiger partial charge >= 0.3 is 0 Å². The molecule has 0 saturated carbocycles. The molecule has 0 amide bonds. The molecule has 0 spiro atoms. The number of hydrogen-bond donors (Lipinski definition) is 3. The van der Waals surface area contributed by atoms with Crippen LogP contribution in [0.5, 0.6) is 0 Å². The van der Waals surface area contributed by atoms with Crippen LogP contribution in [0.15, 0.2) is 97.1 Å². The third kappa shape index (κ3) is 7.61. The van der Waals surface area contributed by atoms with Crippen LogP contribution >= 0.6 is 0 Å². The maximum Gasteiger partial charge on any atom is 0.0569 e. The van der Waals surface area contributed by atoms with Gasteiger partial charge in [0.25, 0.3) is 0 Å². The number of hydrogen-bond acceptors (Lipinski definition) is 4. The highest BCUT2D eigenvalue weighted by molar-refractivity contribution is 5.70. The second-order valence-electron chi connectivity index (χ2n) is 12.3. The van der Waals surface area contributed by atoms with Crippen molar-refractivity contribution < 1.29 is 0 Å². The lowest BCUT2D eigenvalue weighted by atomic mass is 9.91. The number of anilines is 3. The van der Waals surface area contributed by atoms with Gasteiger partial charge in [0, 0.05) is 35.2 Å². The van der Waals surface area contributed by atoms with Crippen LogP contribution in [0.3, 0.4) is 0 Å². The van der Waals surface area contributed by atoms with Gasteiger partial charge < -0.3 is 21.7 Å². The first-order valence-electron chi connectivity index (χ1n) is 15.6. The summed E-state index contributed by atoms with van der Waals surface area (Å²) in [5.74, 6) is 0. The van der Waals surface area contributed by atoms with Crippen molar-refractivity contribution in [2.24, 2.45) is 11.5 Å². The lowest BCUT2D eigenvalue weighted by Gasteiger charge is -2.30. The van der Waals surface area contributed by atoms with Gasteiger partial charge in [0.1, 0.15) is 0 Å². The topological polar surface area (TPSA) is 67.3 Å². The van der Waals surface area contributed by atoms with Crippen LogP contribution in [-0.2, 0) is 5.54 Å². The normalized spacial score (nSPS) is 13.2. The van der Waals surface area contributed by atoms with E-state index in [4.69, 9.17) is 11.5 Å². The van der Waals surface area contributed by atoms with E-state index in [1.807, 2.05) is 0 Å². The first kappa shape index (κ1) is 31.3. The van der Waals surface area contributed by atoms with Gasteiger partial charge in [-0.25, -0.2) is 0 Å². The fourth-order valence-electron chi connectivity index (χ4n) is 5.72. The minimum absolute atomic E-state index is 0.102. The average Bonchev–Trinajstić information content (AvgIpc) is 2.98. The molecular formula is C38H50N4. The Bertz CT molecular complexity index is 1370. The molecule has 0 aliphatic heterocycles. The van der Waals surface area contributed by atoms with E-state index in [-0.39, 0.29) is 17.6 Å². The first-order valence-corrected chi connectivity index (χ1v) is 15.6. The van der Waals surface area contributed by atoms with Crippen molar-refractivity contribution in [1.82, 2.24) is 0 Å². The number of benzene rings is 4. The molecule has 2 unspecified atom stereocenters. The van der Waals surface area contributed by atoms with Gasteiger partial charge in [-0.3, -0.25) is 0 Å². The largest absolute Gasteiger partial charge is 0.376 e. The first-order chi connectivity index (χ1) is 20.1. The molecular weight excluding hydrogens is 512 g/mol. The third-order valence-corrected chi connectivity index (χ3v) is 8.20. The summed E-state index contributed by atoms with van der Waals surface area (Å²) in [5.41, 5.74) is 21.9. The molecule has 4 heteroatoms. The molecule has 0 saturated heterocycles. The smallest absolute Gasteiger partial charge is 0.0569 e. The Balaban J connectivity index is 1.46. The molecule has 4 aromatic rings. The van der Waals surface area contributed by atoms with Gasteiger partial charge in [0.2, 0.25) is 0 Å². The van der Waals surface area contributed by atoms with E-state index in [9.17, 15) is 0 Å². The fourth-order valence-corrected chi connectivity index (χ4v) is 5.72. The van der Waals surface area contributed by atoms with Gasteiger partial charge in [-0.05, 0) is 105 Å². The molecule has 222 valence electrons. The lowest BCUT2D eigenvalue weighted by molar-refractivity contribution is 0.609. The Morgan fingerprint density at radius 1 is 0.619 bits per heavy atom. The van der Waals surface area contributed by atoms with Gasteiger partial charge in [-0.15, -0.1) is 0 Å². The highest BCUT2D eigenvalue weighted by Gasteiger charge is 2.21. The molecule has 0 radical (unpaired) electrons. The molecule has 0 aromatic heterocycles. The zero-order valence-corrected chi connectivity index (χ0v) is 26.4. The Labute approximate surface area is 254 Å². The highest BCUT2D eigenvalue weighted by Crippen LogP contribution is 2.33. The van der Waals surface area contributed by atoms with E-state index < -0.39 is 0 Å². The average molecular weight is 563 g/mol. The van der Waals surface area contributed by atoms with E-state index in [0.29, 0.717) is 6.04 Å². The maximum atomic E-state index is 6.34. The summed E-state index contributed by atoms with van der Waals surface area (Å²) in [7, 11) is 0. The number of rotatable bonds is 13. The predicted molar refractivity (Wildman–Crippen MR) is 182 cm³/mol. The molecule has 2 atom stereocenters. The summed E-state index contributed by atoms with van der Waals surface area (Å²) in [6.45, 7) is 13.3. The SMILES string of the molecule is CCCC(N)c1ccc(NC(C)(C)c2ccc(-c3ccc(N(c4ccc(C(N)CCC)cc4)C(C)C)cc3)cc2)cc1. The summed E-state index contributed by atoms with van der Waals surface area (Å²) >= 11 is 0. The van der Waals surface area contributed by atoms with Crippen LogP contribution in [0.25, 0.3) is 11.1 Å². The van der Waals surface area contributed by atoms with Crippen molar-refractivity contribution in [3.05, 3.63) is 114 Å². The van der Waals surface area contributed by atoms with Gasteiger partial charge in [-0.2, -0.15) is 0 Å². The van der Waals surface area contributed by atoms with Crippen LogP contribution in [0.1, 0.15) is 96.0 Å². The molecule has 4 nitrogen and oxygen atoms in total. The molecule has 0 aliphatic rings. The van der Waals surface area contributed by atoms with Crippen LogP contribution in [0, 0.1) is 0 Å². The Kier molecular flexibility index (Phi) is 10.5. The van der Waals surface area contributed by atoms with Crippen molar-refractivity contribution in [2.45, 2.75) is 90.9 Å². The number of nitrogens with two attached hydrogens (primary N) is 2. The molecule has 4 aromatic carbocycles. The molecule has 0 heterocycles. The van der Waals surface area contributed by atoms with Crippen LogP contribution in [0.4, 0.5) is 17.1 Å². The molecule has 4 rings (SSSR count). The monoisotopic (exact) mass is 562 g/mol. The quantitative estimate of drug-likeness (QED) is 0.152. The van der Waals surface area contributed by atoms with Gasteiger partial charge in [0.05, 0.1) is 5.54 Å².